The highest BCUT2D eigenvalue weighted by atomic mass is 16.5. The molecule has 0 spiro atoms. The smallest absolute Gasteiger partial charge is 0.342 e. The van der Waals surface area contributed by atoms with Crippen LogP contribution in [-0.2, 0) is 29.1 Å². The number of hydrogen-bond donors (Lipinski definition) is 2. The second-order valence-electron chi connectivity index (χ2n) is 7.31. The second-order valence-corrected chi connectivity index (χ2v) is 7.31. The second kappa shape index (κ2) is 9.43. The molecule has 1 aliphatic heterocycles. The van der Waals surface area contributed by atoms with E-state index in [9.17, 15) is 14.7 Å². The van der Waals surface area contributed by atoms with Gasteiger partial charge in [-0.05, 0) is 43.9 Å². The van der Waals surface area contributed by atoms with E-state index in [0.717, 1.165) is 16.7 Å². The SMILES string of the molecule is COc1c(C)c2c(c(O)c1C/C=C(\C)CCC(=O)NCc1cccnc1)C(=O)OC2. The summed E-state index contributed by atoms with van der Waals surface area (Å²) in [5.74, 6) is -0.0836. The Balaban J connectivity index is 1.63. The van der Waals surface area contributed by atoms with Gasteiger partial charge < -0.3 is 19.9 Å². The van der Waals surface area contributed by atoms with Gasteiger partial charge in [0.1, 0.15) is 23.7 Å². The van der Waals surface area contributed by atoms with Crippen LogP contribution in [0.5, 0.6) is 11.5 Å². The number of fused-ring (bicyclic) bond motifs is 1. The number of amides is 1. The maximum atomic E-state index is 12.1. The van der Waals surface area contributed by atoms with Crippen LogP contribution in [0.25, 0.3) is 0 Å². The first kappa shape index (κ1) is 21.4. The molecule has 0 saturated carbocycles. The zero-order valence-corrected chi connectivity index (χ0v) is 17.4. The normalized spacial score (nSPS) is 13.0. The van der Waals surface area contributed by atoms with Crippen LogP contribution in [0.1, 0.15) is 52.4 Å². The predicted molar refractivity (Wildman–Crippen MR) is 111 cm³/mol. The summed E-state index contributed by atoms with van der Waals surface area (Å²) in [4.78, 5) is 28.1. The molecule has 2 aromatic rings. The van der Waals surface area contributed by atoms with Gasteiger partial charge >= 0.3 is 5.97 Å². The number of aromatic hydroxyl groups is 1. The quantitative estimate of drug-likeness (QED) is 0.512. The molecule has 1 aliphatic rings. The van der Waals surface area contributed by atoms with Crippen LogP contribution < -0.4 is 10.1 Å². The molecule has 30 heavy (non-hydrogen) atoms. The zero-order valence-electron chi connectivity index (χ0n) is 17.4. The highest BCUT2D eigenvalue weighted by Gasteiger charge is 2.31. The standard InChI is InChI=1S/C23H26N2O5/c1-14(7-9-19(26)25-12-16-5-4-10-24-11-16)6-8-17-21(27)20-18(13-30-23(20)28)15(2)22(17)29-3/h4-6,10-11,27H,7-9,12-13H2,1-3H3,(H,25,26)/b14-6+. The van der Waals surface area contributed by atoms with Gasteiger partial charge in [-0.25, -0.2) is 4.79 Å². The van der Waals surface area contributed by atoms with Crippen molar-refractivity contribution in [1.29, 1.82) is 0 Å². The number of esters is 1. The topological polar surface area (TPSA) is 97.8 Å². The summed E-state index contributed by atoms with van der Waals surface area (Å²) in [6.07, 6.45) is 6.70. The van der Waals surface area contributed by atoms with Gasteiger partial charge in [-0.1, -0.05) is 17.7 Å². The van der Waals surface area contributed by atoms with E-state index >= 15 is 0 Å². The number of aromatic nitrogens is 1. The van der Waals surface area contributed by atoms with E-state index in [2.05, 4.69) is 10.3 Å². The van der Waals surface area contributed by atoms with Crippen molar-refractivity contribution in [2.45, 2.75) is 46.3 Å². The molecule has 0 radical (unpaired) electrons. The number of cyclic esters (lactones) is 1. The summed E-state index contributed by atoms with van der Waals surface area (Å²) in [5, 5.41) is 13.5. The van der Waals surface area contributed by atoms with Crippen molar-refractivity contribution in [3.8, 4) is 11.5 Å². The molecule has 2 heterocycles. The van der Waals surface area contributed by atoms with E-state index in [0.29, 0.717) is 42.7 Å². The van der Waals surface area contributed by atoms with Crippen LogP contribution in [0, 0.1) is 6.92 Å². The zero-order chi connectivity index (χ0) is 21.7. The number of benzene rings is 1. The van der Waals surface area contributed by atoms with Gasteiger partial charge in [0.2, 0.25) is 5.91 Å². The minimum Gasteiger partial charge on any atom is -0.507 e. The van der Waals surface area contributed by atoms with E-state index in [1.807, 2.05) is 32.1 Å². The van der Waals surface area contributed by atoms with E-state index < -0.39 is 5.97 Å². The van der Waals surface area contributed by atoms with Crippen LogP contribution in [-0.4, -0.2) is 29.1 Å². The fraction of sp³-hybridized carbons (Fsp3) is 0.348. The summed E-state index contributed by atoms with van der Waals surface area (Å²) < 4.78 is 10.6. The molecule has 0 aliphatic carbocycles. The Hall–Kier alpha value is -3.35. The Kier molecular flexibility index (Phi) is 6.72. The first-order valence-corrected chi connectivity index (χ1v) is 9.82. The molecule has 1 amide bonds. The third kappa shape index (κ3) is 4.62. The molecule has 0 atom stereocenters. The summed E-state index contributed by atoms with van der Waals surface area (Å²) in [6.45, 7) is 4.39. The lowest BCUT2D eigenvalue weighted by Gasteiger charge is -2.15. The summed E-state index contributed by atoms with van der Waals surface area (Å²) in [7, 11) is 1.54. The molecule has 1 aromatic carbocycles. The highest BCUT2D eigenvalue weighted by Crippen LogP contribution is 2.42. The number of nitrogens with zero attached hydrogens (tertiary/aromatic N) is 1. The Morgan fingerprint density at radius 2 is 2.20 bits per heavy atom. The lowest BCUT2D eigenvalue weighted by Crippen LogP contribution is -2.22. The first-order chi connectivity index (χ1) is 14.4. The highest BCUT2D eigenvalue weighted by molar-refractivity contribution is 5.98. The Morgan fingerprint density at radius 3 is 2.90 bits per heavy atom. The predicted octanol–water partition coefficient (Wildman–Crippen LogP) is 3.36. The molecule has 7 nitrogen and oxygen atoms in total. The first-order valence-electron chi connectivity index (χ1n) is 9.82. The summed E-state index contributed by atoms with van der Waals surface area (Å²) in [5.41, 5.74) is 4.20. The van der Waals surface area contributed by atoms with Gasteiger partial charge in [0, 0.05) is 36.5 Å². The molecule has 0 bridgehead atoms. The monoisotopic (exact) mass is 410 g/mol. The minimum atomic E-state index is -0.513. The largest absolute Gasteiger partial charge is 0.507 e. The fourth-order valence-corrected chi connectivity index (χ4v) is 3.51. The van der Waals surface area contributed by atoms with Crippen molar-refractivity contribution >= 4 is 11.9 Å². The summed E-state index contributed by atoms with van der Waals surface area (Å²) in [6, 6.07) is 3.74. The number of phenolic OH excluding ortho intramolecular Hbond substituents is 1. The van der Waals surface area contributed by atoms with Crippen molar-refractivity contribution in [1.82, 2.24) is 10.3 Å². The number of ether oxygens (including phenoxy) is 2. The molecule has 1 aromatic heterocycles. The fourth-order valence-electron chi connectivity index (χ4n) is 3.51. The molecular weight excluding hydrogens is 384 g/mol. The van der Waals surface area contributed by atoms with Crippen molar-refractivity contribution in [3.63, 3.8) is 0 Å². The maximum absolute atomic E-state index is 12.1. The number of hydrogen-bond acceptors (Lipinski definition) is 6. The number of methoxy groups -OCH3 is 1. The van der Waals surface area contributed by atoms with E-state index in [4.69, 9.17) is 9.47 Å². The number of allylic oxidation sites excluding steroid dienone is 2. The maximum Gasteiger partial charge on any atom is 0.342 e. The molecule has 0 unspecified atom stereocenters. The number of carbonyl (C=O) groups is 2. The van der Waals surface area contributed by atoms with E-state index in [1.54, 1.807) is 19.5 Å². The van der Waals surface area contributed by atoms with Gasteiger partial charge in [-0.3, -0.25) is 9.78 Å². The van der Waals surface area contributed by atoms with Gasteiger partial charge in [-0.2, -0.15) is 0 Å². The average Bonchev–Trinajstić information content (AvgIpc) is 3.15. The lowest BCUT2D eigenvalue weighted by molar-refractivity contribution is -0.121. The molecule has 0 saturated heterocycles. The lowest BCUT2D eigenvalue weighted by atomic mass is 9.94. The van der Waals surface area contributed by atoms with Crippen LogP contribution >= 0.6 is 0 Å². The van der Waals surface area contributed by atoms with Crippen molar-refractivity contribution in [2.24, 2.45) is 0 Å². The molecule has 7 heteroatoms. The number of phenols is 1. The van der Waals surface area contributed by atoms with Crippen molar-refractivity contribution in [2.75, 3.05) is 7.11 Å². The van der Waals surface area contributed by atoms with E-state index in [-0.39, 0.29) is 23.8 Å². The molecule has 158 valence electrons. The van der Waals surface area contributed by atoms with Crippen LogP contribution in [0.4, 0.5) is 0 Å². The number of rotatable bonds is 8. The molecule has 3 rings (SSSR count). The third-order valence-electron chi connectivity index (χ3n) is 5.26. The van der Waals surface area contributed by atoms with Gasteiger partial charge in [0.05, 0.1) is 7.11 Å². The molecular formula is C23H26N2O5. The molecule has 0 fully saturated rings. The minimum absolute atomic E-state index is 0.0387. The van der Waals surface area contributed by atoms with E-state index in [1.165, 1.54) is 0 Å². The van der Waals surface area contributed by atoms with Gasteiger partial charge in [0.25, 0.3) is 0 Å². The Bertz CT molecular complexity index is 983. The van der Waals surface area contributed by atoms with Crippen LogP contribution in [0.2, 0.25) is 0 Å². The van der Waals surface area contributed by atoms with Gasteiger partial charge in [-0.15, -0.1) is 0 Å². The summed E-state index contributed by atoms with van der Waals surface area (Å²) >= 11 is 0. The number of carbonyl (C=O) groups excluding carboxylic acids is 2. The number of pyridine rings is 1. The van der Waals surface area contributed by atoms with Crippen LogP contribution in [0.3, 0.4) is 0 Å². The van der Waals surface area contributed by atoms with Crippen molar-refractivity contribution < 1.29 is 24.2 Å². The Labute approximate surface area is 175 Å². The van der Waals surface area contributed by atoms with Crippen molar-refractivity contribution in [3.05, 3.63) is 64.0 Å². The average molecular weight is 410 g/mol. The van der Waals surface area contributed by atoms with Gasteiger partial charge in [0.15, 0.2) is 0 Å². The third-order valence-corrected chi connectivity index (χ3v) is 5.26. The molecule has 2 N–H and O–H groups in total. The van der Waals surface area contributed by atoms with Crippen LogP contribution in [0.15, 0.2) is 36.2 Å². The number of nitrogens with one attached hydrogen (secondary N) is 1. The Morgan fingerprint density at radius 1 is 1.40 bits per heavy atom.